The molecule has 3 rings (SSSR count). The van der Waals surface area contributed by atoms with Gasteiger partial charge in [-0.2, -0.15) is 0 Å². The third-order valence-corrected chi connectivity index (χ3v) is 4.86. The van der Waals surface area contributed by atoms with Gasteiger partial charge in [0, 0.05) is 0 Å². The molecule has 1 unspecified atom stereocenters. The molecule has 1 aliphatic rings. The van der Waals surface area contributed by atoms with Crippen molar-refractivity contribution >= 4 is 21.7 Å². The van der Waals surface area contributed by atoms with Gasteiger partial charge in [0.25, 0.3) is 0 Å². The van der Waals surface area contributed by atoms with E-state index in [0.717, 1.165) is 16.7 Å². The molecule has 2 aromatic rings. The number of carbonyl (C=O) groups excluding carboxylic acids is 1. The number of hydrogen-bond acceptors (Lipinski definition) is 6. The predicted molar refractivity (Wildman–Crippen MR) is 91.4 cm³/mol. The van der Waals surface area contributed by atoms with Crippen molar-refractivity contribution in [2.75, 3.05) is 13.7 Å². The van der Waals surface area contributed by atoms with Crippen LogP contribution >= 0.6 is 0 Å². The van der Waals surface area contributed by atoms with Crippen LogP contribution in [-0.2, 0) is 24.4 Å². The summed E-state index contributed by atoms with van der Waals surface area (Å²) in [6.45, 7) is 0.262. The maximum Gasteiger partial charge on any atom is 0.356 e. The molecule has 0 bridgehead atoms. The van der Waals surface area contributed by atoms with Crippen LogP contribution in [0.4, 0.5) is 0 Å². The van der Waals surface area contributed by atoms with Crippen molar-refractivity contribution in [1.82, 2.24) is 0 Å². The molecule has 25 heavy (non-hydrogen) atoms. The molecule has 0 saturated carbocycles. The summed E-state index contributed by atoms with van der Waals surface area (Å²) in [6.07, 6.45) is 0. The molecule has 7 nitrogen and oxygen atoms in total. The van der Waals surface area contributed by atoms with Crippen LogP contribution in [0.25, 0.3) is 11.1 Å². The molecule has 0 amide bonds. The second-order valence-corrected chi connectivity index (χ2v) is 7.07. The van der Waals surface area contributed by atoms with Gasteiger partial charge in [0.2, 0.25) is 10.0 Å². The summed E-state index contributed by atoms with van der Waals surface area (Å²) in [5.41, 5.74) is 2.78. The molecule has 0 saturated heterocycles. The fourth-order valence-corrected chi connectivity index (χ4v) is 3.15. The van der Waals surface area contributed by atoms with E-state index in [1.807, 2.05) is 24.3 Å². The number of rotatable bonds is 4. The minimum atomic E-state index is -3.73. The number of esters is 1. The first-order valence-corrected chi connectivity index (χ1v) is 8.96. The Labute approximate surface area is 145 Å². The van der Waals surface area contributed by atoms with Gasteiger partial charge >= 0.3 is 5.97 Å². The Hall–Kier alpha value is -2.71. The molecule has 1 atom stereocenters. The lowest BCUT2D eigenvalue weighted by Gasteiger charge is -2.11. The molecule has 1 aliphatic heterocycles. The van der Waals surface area contributed by atoms with Gasteiger partial charge in [-0.15, -0.1) is 0 Å². The number of benzene rings is 2. The molecule has 2 N–H and O–H groups in total. The van der Waals surface area contributed by atoms with Crippen molar-refractivity contribution in [3.05, 3.63) is 54.1 Å². The van der Waals surface area contributed by atoms with Crippen LogP contribution in [-0.4, -0.2) is 33.8 Å². The van der Waals surface area contributed by atoms with Crippen LogP contribution in [0.3, 0.4) is 0 Å². The number of sulfonamides is 1. The van der Waals surface area contributed by atoms with E-state index in [9.17, 15) is 13.2 Å². The van der Waals surface area contributed by atoms with Gasteiger partial charge in [0.05, 0.1) is 17.9 Å². The number of ether oxygens (including phenoxy) is 1. The van der Waals surface area contributed by atoms with Gasteiger partial charge in [-0.3, -0.25) is 0 Å². The summed E-state index contributed by atoms with van der Waals surface area (Å²) in [6, 6.07) is 13.8. The summed E-state index contributed by atoms with van der Waals surface area (Å²) in [4.78, 5) is 16.9. The first-order valence-electron chi connectivity index (χ1n) is 7.41. The van der Waals surface area contributed by atoms with Crippen LogP contribution in [0.1, 0.15) is 11.5 Å². The Morgan fingerprint density at radius 3 is 2.56 bits per heavy atom. The Morgan fingerprint density at radius 2 is 1.92 bits per heavy atom. The quantitative estimate of drug-likeness (QED) is 0.834. The highest BCUT2D eigenvalue weighted by Crippen LogP contribution is 2.28. The molecule has 8 heteroatoms. The standard InChI is InChI=1S/C17H16N2O5S/c1-23-17(20)16-15(10-24-19-16)13-4-2-3-12(9-13)11-5-7-14(8-6-11)25(18,21)22/h2-9,15H,10H2,1H3,(H2,18,21,22). The van der Waals surface area contributed by atoms with Crippen LogP contribution in [0, 0.1) is 0 Å². The third kappa shape index (κ3) is 3.54. The first kappa shape index (κ1) is 17.1. The van der Waals surface area contributed by atoms with Crippen LogP contribution in [0.5, 0.6) is 0 Å². The molecule has 0 fully saturated rings. The molecule has 1 heterocycles. The zero-order valence-corrected chi connectivity index (χ0v) is 14.2. The van der Waals surface area contributed by atoms with E-state index in [0.29, 0.717) is 0 Å². The highest BCUT2D eigenvalue weighted by atomic mass is 32.2. The number of nitrogens with zero attached hydrogens (tertiary/aromatic N) is 1. The van der Waals surface area contributed by atoms with E-state index in [-0.39, 0.29) is 23.1 Å². The summed E-state index contributed by atoms with van der Waals surface area (Å²) < 4.78 is 27.4. The zero-order chi connectivity index (χ0) is 18.0. The van der Waals surface area contributed by atoms with Gasteiger partial charge in [0.1, 0.15) is 6.61 Å². The van der Waals surface area contributed by atoms with Crippen molar-refractivity contribution in [2.45, 2.75) is 10.8 Å². The van der Waals surface area contributed by atoms with Crippen LogP contribution in [0.2, 0.25) is 0 Å². The Morgan fingerprint density at radius 1 is 1.20 bits per heavy atom. The average molecular weight is 360 g/mol. The van der Waals surface area contributed by atoms with E-state index in [2.05, 4.69) is 5.16 Å². The highest BCUT2D eigenvalue weighted by Gasteiger charge is 2.31. The lowest BCUT2D eigenvalue weighted by Crippen LogP contribution is -2.22. The van der Waals surface area contributed by atoms with Gasteiger partial charge < -0.3 is 9.57 Å². The molecular formula is C17H16N2O5S. The second kappa shape index (κ2) is 6.66. The summed E-state index contributed by atoms with van der Waals surface area (Å²) in [5.74, 6) is -0.832. The van der Waals surface area contributed by atoms with E-state index in [1.54, 1.807) is 12.1 Å². The summed E-state index contributed by atoms with van der Waals surface area (Å²) in [5, 5.41) is 8.88. The fraction of sp³-hybridized carbons (Fsp3) is 0.176. The maximum absolute atomic E-state index is 11.8. The maximum atomic E-state index is 11.8. The topological polar surface area (TPSA) is 108 Å². The van der Waals surface area contributed by atoms with Crippen molar-refractivity contribution < 1.29 is 22.8 Å². The normalized spacial score (nSPS) is 16.9. The molecule has 0 spiro atoms. The van der Waals surface area contributed by atoms with Gasteiger partial charge in [-0.25, -0.2) is 18.4 Å². The molecule has 2 aromatic carbocycles. The van der Waals surface area contributed by atoms with E-state index >= 15 is 0 Å². The lowest BCUT2D eigenvalue weighted by atomic mass is 9.92. The minimum Gasteiger partial charge on any atom is -0.464 e. The Bertz CT molecular complexity index is 936. The zero-order valence-electron chi connectivity index (χ0n) is 13.4. The fourth-order valence-electron chi connectivity index (χ4n) is 2.63. The molecule has 0 radical (unpaired) electrons. The Kier molecular flexibility index (Phi) is 4.56. The van der Waals surface area contributed by atoms with Crippen molar-refractivity contribution in [2.24, 2.45) is 10.3 Å². The molecular weight excluding hydrogens is 344 g/mol. The summed E-state index contributed by atoms with van der Waals surface area (Å²) >= 11 is 0. The molecule has 0 aliphatic carbocycles. The Balaban J connectivity index is 1.92. The van der Waals surface area contributed by atoms with Gasteiger partial charge in [0.15, 0.2) is 5.71 Å². The van der Waals surface area contributed by atoms with E-state index in [4.69, 9.17) is 14.7 Å². The van der Waals surface area contributed by atoms with Gasteiger partial charge in [-0.1, -0.05) is 41.6 Å². The van der Waals surface area contributed by atoms with Crippen molar-refractivity contribution in [3.8, 4) is 11.1 Å². The predicted octanol–water partition coefficient (Wildman–Crippen LogP) is 1.64. The van der Waals surface area contributed by atoms with E-state index < -0.39 is 16.0 Å². The van der Waals surface area contributed by atoms with Crippen LogP contribution < -0.4 is 5.14 Å². The average Bonchev–Trinajstić information content (AvgIpc) is 3.10. The smallest absolute Gasteiger partial charge is 0.356 e. The van der Waals surface area contributed by atoms with Crippen molar-refractivity contribution in [3.63, 3.8) is 0 Å². The monoisotopic (exact) mass is 360 g/mol. The third-order valence-electron chi connectivity index (χ3n) is 3.93. The SMILES string of the molecule is COC(=O)C1=NOCC1c1cccc(-c2ccc(S(N)(=O)=O)cc2)c1. The minimum absolute atomic E-state index is 0.0525. The van der Waals surface area contributed by atoms with Gasteiger partial charge in [-0.05, 0) is 28.8 Å². The molecule has 0 aromatic heterocycles. The summed E-state index contributed by atoms with van der Waals surface area (Å²) in [7, 11) is -2.43. The number of hydrogen-bond donors (Lipinski definition) is 1. The number of nitrogens with two attached hydrogens (primary N) is 1. The lowest BCUT2D eigenvalue weighted by molar-refractivity contribution is -0.132. The number of methoxy groups -OCH3 is 1. The number of primary sulfonamides is 1. The molecule has 130 valence electrons. The first-order chi connectivity index (χ1) is 11.9. The van der Waals surface area contributed by atoms with E-state index in [1.165, 1.54) is 19.2 Å². The largest absolute Gasteiger partial charge is 0.464 e. The number of oxime groups is 1. The number of carbonyl (C=O) groups is 1. The second-order valence-electron chi connectivity index (χ2n) is 5.51. The highest BCUT2D eigenvalue weighted by molar-refractivity contribution is 7.89. The van der Waals surface area contributed by atoms with Crippen molar-refractivity contribution in [1.29, 1.82) is 0 Å². The van der Waals surface area contributed by atoms with Crippen LogP contribution in [0.15, 0.2) is 58.6 Å².